The number of benzene rings is 1. The summed E-state index contributed by atoms with van der Waals surface area (Å²) >= 11 is 6.15. The Morgan fingerprint density at radius 2 is 2.04 bits per heavy atom. The second-order valence-electron chi connectivity index (χ2n) is 5.12. The summed E-state index contributed by atoms with van der Waals surface area (Å²) in [5.74, 6) is -0.803. The minimum atomic E-state index is -0.496. The topological polar surface area (TPSA) is 64.4 Å². The molecule has 1 aromatic heterocycles. The molecule has 0 spiro atoms. The number of rotatable bonds is 5. The highest BCUT2D eigenvalue weighted by Gasteiger charge is 2.23. The Morgan fingerprint density at radius 3 is 2.61 bits per heavy atom. The molecule has 23 heavy (non-hydrogen) atoms. The zero-order valence-electron chi connectivity index (χ0n) is 13.2. The molecule has 2 aromatic rings. The monoisotopic (exact) mass is 335 g/mol. The van der Waals surface area contributed by atoms with Crippen molar-refractivity contribution in [3.63, 3.8) is 0 Å². The SMILES string of the molecule is COC(=O)CN(Cc1ccccc1Cl)C(=O)c1cc(C)nn1C. The maximum Gasteiger partial charge on any atom is 0.325 e. The smallest absolute Gasteiger partial charge is 0.325 e. The van der Waals surface area contributed by atoms with Crippen molar-refractivity contribution in [1.82, 2.24) is 14.7 Å². The van der Waals surface area contributed by atoms with E-state index in [9.17, 15) is 9.59 Å². The Balaban J connectivity index is 2.30. The van der Waals surface area contributed by atoms with E-state index in [2.05, 4.69) is 9.84 Å². The van der Waals surface area contributed by atoms with E-state index in [0.29, 0.717) is 10.7 Å². The molecule has 1 aromatic carbocycles. The average Bonchev–Trinajstić information content (AvgIpc) is 2.86. The number of halogens is 1. The zero-order valence-corrected chi connectivity index (χ0v) is 14.0. The summed E-state index contributed by atoms with van der Waals surface area (Å²) in [6.45, 7) is 1.85. The fourth-order valence-electron chi connectivity index (χ4n) is 2.22. The van der Waals surface area contributed by atoms with E-state index in [0.717, 1.165) is 11.3 Å². The van der Waals surface area contributed by atoms with Crippen LogP contribution in [-0.2, 0) is 23.1 Å². The molecular weight excluding hydrogens is 318 g/mol. The highest BCUT2D eigenvalue weighted by atomic mass is 35.5. The van der Waals surface area contributed by atoms with Crippen molar-refractivity contribution in [3.8, 4) is 0 Å². The van der Waals surface area contributed by atoms with Gasteiger partial charge in [0.1, 0.15) is 12.2 Å². The van der Waals surface area contributed by atoms with Gasteiger partial charge in [-0.2, -0.15) is 5.10 Å². The van der Waals surface area contributed by atoms with Crippen LogP contribution in [0.2, 0.25) is 5.02 Å². The molecule has 0 bridgehead atoms. The Hall–Kier alpha value is -2.34. The number of hydrogen-bond donors (Lipinski definition) is 0. The summed E-state index contributed by atoms with van der Waals surface area (Å²) in [6, 6.07) is 8.87. The van der Waals surface area contributed by atoms with E-state index >= 15 is 0 Å². The lowest BCUT2D eigenvalue weighted by atomic mass is 10.2. The van der Waals surface area contributed by atoms with Gasteiger partial charge in [-0.15, -0.1) is 0 Å². The molecule has 7 heteroatoms. The van der Waals surface area contributed by atoms with Crippen molar-refractivity contribution in [1.29, 1.82) is 0 Å². The molecule has 0 aliphatic heterocycles. The fourth-order valence-corrected chi connectivity index (χ4v) is 2.42. The number of aryl methyl sites for hydroxylation is 2. The van der Waals surface area contributed by atoms with E-state index in [4.69, 9.17) is 11.6 Å². The lowest BCUT2D eigenvalue weighted by molar-refractivity contribution is -0.141. The van der Waals surface area contributed by atoms with Gasteiger partial charge in [-0.05, 0) is 24.6 Å². The number of ether oxygens (including phenoxy) is 1. The Morgan fingerprint density at radius 1 is 1.35 bits per heavy atom. The molecule has 0 saturated carbocycles. The Labute approximate surface area is 139 Å². The lowest BCUT2D eigenvalue weighted by Gasteiger charge is -2.22. The molecule has 0 fully saturated rings. The van der Waals surface area contributed by atoms with Crippen molar-refractivity contribution in [2.75, 3.05) is 13.7 Å². The molecule has 0 N–H and O–H groups in total. The van der Waals surface area contributed by atoms with E-state index < -0.39 is 5.97 Å². The number of amides is 1. The minimum absolute atomic E-state index is 0.162. The van der Waals surface area contributed by atoms with E-state index in [1.165, 1.54) is 16.7 Å². The molecule has 0 atom stereocenters. The molecule has 0 aliphatic rings. The predicted octanol–water partition coefficient (Wildman–Crippen LogP) is 2.20. The van der Waals surface area contributed by atoms with Gasteiger partial charge >= 0.3 is 5.97 Å². The summed E-state index contributed by atoms with van der Waals surface area (Å²) in [5.41, 5.74) is 1.88. The normalized spacial score (nSPS) is 10.4. The fraction of sp³-hybridized carbons (Fsp3) is 0.312. The number of aromatic nitrogens is 2. The second-order valence-corrected chi connectivity index (χ2v) is 5.53. The third kappa shape index (κ3) is 4.10. The average molecular weight is 336 g/mol. The molecular formula is C16H18ClN3O3. The van der Waals surface area contributed by atoms with Gasteiger partial charge in [0.15, 0.2) is 0 Å². The van der Waals surface area contributed by atoms with Crippen LogP contribution in [0.25, 0.3) is 0 Å². The van der Waals surface area contributed by atoms with Crippen LogP contribution in [0.15, 0.2) is 30.3 Å². The van der Waals surface area contributed by atoms with Gasteiger partial charge in [-0.25, -0.2) is 0 Å². The number of methoxy groups -OCH3 is 1. The maximum atomic E-state index is 12.8. The summed E-state index contributed by atoms with van der Waals surface area (Å²) < 4.78 is 6.18. The highest BCUT2D eigenvalue weighted by Crippen LogP contribution is 2.18. The first-order valence-electron chi connectivity index (χ1n) is 7.02. The molecule has 0 aliphatic carbocycles. The number of esters is 1. The van der Waals surface area contributed by atoms with Gasteiger partial charge in [-0.3, -0.25) is 14.3 Å². The standard InChI is InChI=1S/C16H18ClN3O3/c1-11-8-14(19(2)18-11)16(22)20(10-15(21)23-3)9-12-6-4-5-7-13(12)17/h4-8H,9-10H2,1-3H3. The van der Waals surface area contributed by atoms with Crippen LogP contribution in [0, 0.1) is 6.92 Å². The van der Waals surface area contributed by atoms with Gasteiger partial charge in [-0.1, -0.05) is 29.8 Å². The Bertz CT molecular complexity index is 727. The van der Waals surface area contributed by atoms with Crippen molar-refractivity contribution in [2.45, 2.75) is 13.5 Å². The number of carbonyl (C=O) groups is 2. The molecule has 6 nitrogen and oxygen atoms in total. The van der Waals surface area contributed by atoms with Crippen LogP contribution in [0.4, 0.5) is 0 Å². The summed E-state index contributed by atoms with van der Waals surface area (Å²) in [4.78, 5) is 25.8. The first-order valence-corrected chi connectivity index (χ1v) is 7.40. The number of carbonyl (C=O) groups excluding carboxylic acids is 2. The quantitative estimate of drug-likeness (QED) is 0.786. The van der Waals surface area contributed by atoms with Crippen LogP contribution in [-0.4, -0.2) is 40.2 Å². The second kappa shape index (κ2) is 7.28. The maximum absolute atomic E-state index is 12.8. The number of nitrogens with zero attached hydrogens (tertiary/aromatic N) is 3. The van der Waals surface area contributed by atoms with Crippen molar-refractivity contribution >= 4 is 23.5 Å². The first-order chi connectivity index (χ1) is 10.9. The minimum Gasteiger partial charge on any atom is -0.468 e. The van der Waals surface area contributed by atoms with Crippen LogP contribution >= 0.6 is 11.6 Å². The van der Waals surface area contributed by atoms with E-state index in [1.54, 1.807) is 26.1 Å². The molecule has 0 radical (unpaired) electrons. The van der Waals surface area contributed by atoms with Gasteiger partial charge in [0.05, 0.1) is 12.8 Å². The number of hydrogen-bond acceptors (Lipinski definition) is 4. The molecule has 2 rings (SSSR count). The van der Waals surface area contributed by atoms with Crippen LogP contribution in [0.5, 0.6) is 0 Å². The van der Waals surface area contributed by atoms with E-state index in [-0.39, 0.29) is 19.0 Å². The van der Waals surface area contributed by atoms with Crippen molar-refractivity contribution < 1.29 is 14.3 Å². The van der Waals surface area contributed by atoms with E-state index in [1.807, 2.05) is 18.2 Å². The summed E-state index contributed by atoms with van der Waals surface area (Å²) in [6.07, 6.45) is 0. The van der Waals surface area contributed by atoms with Crippen molar-refractivity contribution in [2.24, 2.45) is 7.05 Å². The van der Waals surface area contributed by atoms with Gasteiger partial charge in [0.2, 0.25) is 0 Å². The third-order valence-electron chi connectivity index (χ3n) is 3.37. The largest absolute Gasteiger partial charge is 0.468 e. The molecule has 0 saturated heterocycles. The van der Waals surface area contributed by atoms with Gasteiger partial charge < -0.3 is 9.64 Å². The summed E-state index contributed by atoms with van der Waals surface area (Å²) in [5, 5.41) is 4.70. The molecule has 1 heterocycles. The third-order valence-corrected chi connectivity index (χ3v) is 3.74. The van der Waals surface area contributed by atoms with Crippen LogP contribution in [0.1, 0.15) is 21.7 Å². The highest BCUT2D eigenvalue weighted by molar-refractivity contribution is 6.31. The zero-order chi connectivity index (χ0) is 17.0. The van der Waals surface area contributed by atoms with Crippen LogP contribution < -0.4 is 0 Å². The van der Waals surface area contributed by atoms with Crippen molar-refractivity contribution in [3.05, 3.63) is 52.3 Å². The summed E-state index contributed by atoms with van der Waals surface area (Å²) in [7, 11) is 2.97. The molecule has 122 valence electrons. The molecule has 1 amide bonds. The predicted molar refractivity (Wildman–Crippen MR) is 86.2 cm³/mol. The molecule has 0 unspecified atom stereocenters. The Kier molecular flexibility index (Phi) is 5.39. The first kappa shape index (κ1) is 17.0. The lowest BCUT2D eigenvalue weighted by Crippen LogP contribution is -2.36. The van der Waals surface area contributed by atoms with Gasteiger partial charge in [0.25, 0.3) is 5.91 Å². The van der Waals surface area contributed by atoms with Crippen LogP contribution in [0.3, 0.4) is 0 Å². The van der Waals surface area contributed by atoms with Gasteiger partial charge in [0, 0.05) is 18.6 Å².